The van der Waals surface area contributed by atoms with Crippen molar-refractivity contribution in [3.05, 3.63) is 12.1 Å². The minimum absolute atomic E-state index is 0.208. The van der Waals surface area contributed by atoms with Crippen LogP contribution in [-0.2, 0) is 0 Å². The fourth-order valence-electron chi connectivity index (χ4n) is 1.45. The van der Waals surface area contributed by atoms with Crippen LogP contribution in [0.25, 0.3) is 0 Å². The molecular formula is C6H6O6P2+2. The van der Waals surface area contributed by atoms with E-state index in [2.05, 4.69) is 0 Å². The average molecular weight is 236 g/mol. The molecule has 0 atom stereocenters. The maximum Gasteiger partial charge on any atom is 0.492 e. The van der Waals surface area contributed by atoms with Gasteiger partial charge in [0, 0.05) is 0 Å². The molecule has 3 rings (SSSR count). The maximum atomic E-state index is 9.21. The molecule has 0 bridgehead atoms. The Morgan fingerprint density at radius 1 is 0.786 bits per heavy atom. The molecule has 0 saturated carbocycles. The third kappa shape index (κ3) is 0.859. The van der Waals surface area contributed by atoms with Gasteiger partial charge >= 0.3 is 15.9 Å². The molecule has 1 aromatic carbocycles. The van der Waals surface area contributed by atoms with E-state index in [1.54, 1.807) is 0 Å². The summed E-state index contributed by atoms with van der Waals surface area (Å²) in [6.45, 7) is 0. The van der Waals surface area contributed by atoms with Gasteiger partial charge in [-0.05, 0) is 12.1 Å². The Kier molecular flexibility index (Phi) is 1.38. The first-order valence-electron chi connectivity index (χ1n) is 3.68. The van der Waals surface area contributed by atoms with Crippen LogP contribution in [0, 0.1) is 0 Å². The smallest absolute Gasteiger partial charge is 0.272 e. The third-order valence-corrected chi connectivity index (χ3v) is 4.97. The van der Waals surface area contributed by atoms with Crippen LogP contribution in [0.2, 0.25) is 0 Å². The molecule has 0 aromatic heterocycles. The first kappa shape index (κ1) is 8.80. The van der Waals surface area contributed by atoms with Gasteiger partial charge < -0.3 is 0 Å². The van der Waals surface area contributed by atoms with Gasteiger partial charge in [0.25, 0.3) is 11.5 Å². The Labute approximate surface area is 79.5 Å². The zero-order valence-electron chi connectivity index (χ0n) is 6.65. The molecule has 8 heteroatoms. The van der Waals surface area contributed by atoms with Crippen molar-refractivity contribution < 1.29 is 28.6 Å². The van der Waals surface area contributed by atoms with Crippen molar-refractivity contribution in [1.82, 2.24) is 0 Å². The van der Waals surface area contributed by atoms with Gasteiger partial charge in [0.2, 0.25) is 10.6 Å². The Morgan fingerprint density at radius 2 is 1.14 bits per heavy atom. The summed E-state index contributed by atoms with van der Waals surface area (Å²) in [4.78, 5) is 36.8. The molecule has 4 N–H and O–H groups in total. The summed E-state index contributed by atoms with van der Waals surface area (Å²) in [5.41, 5.74) is 0. The highest BCUT2D eigenvalue weighted by atomic mass is 31.2. The Hall–Kier alpha value is -0.480. The highest BCUT2D eigenvalue weighted by Gasteiger charge is 2.66. The summed E-state index contributed by atoms with van der Waals surface area (Å²) >= 11 is 0. The number of benzene rings is 1. The van der Waals surface area contributed by atoms with E-state index in [0.29, 0.717) is 0 Å². The van der Waals surface area contributed by atoms with Crippen molar-refractivity contribution in [2.75, 3.05) is 0 Å². The molecule has 74 valence electrons. The molecule has 0 unspecified atom stereocenters. The van der Waals surface area contributed by atoms with Crippen molar-refractivity contribution in [2.45, 2.75) is 0 Å². The minimum Gasteiger partial charge on any atom is -0.272 e. The molecule has 14 heavy (non-hydrogen) atoms. The number of fused-ring (bicyclic) bond motifs is 3. The van der Waals surface area contributed by atoms with Gasteiger partial charge in [-0.1, -0.05) is 0 Å². The molecule has 0 amide bonds. The van der Waals surface area contributed by atoms with Crippen LogP contribution in [0.4, 0.5) is 0 Å². The van der Waals surface area contributed by atoms with E-state index in [0.717, 1.165) is 0 Å². The molecule has 2 heterocycles. The molecule has 0 spiro atoms. The van der Waals surface area contributed by atoms with Crippen LogP contribution in [0.3, 0.4) is 0 Å². The number of hydrogen-bond donors (Lipinski definition) is 4. The first-order valence-corrected chi connectivity index (χ1v) is 6.91. The first-order chi connectivity index (χ1) is 6.42. The predicted octanol–water partition coefficient (Wildman–Crippen LogP) is -0.784. The lowest BCUT2D eigenvalue weighted by Crippen LogP contribution is -2.37. The minimum atomic E-state index is -3.39. The summed E-state index contributed by atoms with van der Waals surface area (Å²) in [5, 5.41) is 0.548. The van der Waals surface area contributed by atoms with Crippen LogP contribution < -0.4 is 19.7 Å². The second-order valence-electron chi connectivity index (χ2n) is 3.03. The quantitative estimate of drug-likeness (QED) is 0.441. The van der Waals surface area contributed by atoms with Crippen molar-refractivity contribution in [1.29, 1.82) is 0 Å². The molecule has 0 radical (unpaired) electrons. The standard InChI is InChI=1S/C6H6O6P2/c7-13(8)3-1-2-4-6(5(3)11-13)12-14(4,9)10/h1-2,7-10H/q+2. The van der Waals surface area contributed by atoms with Crippen LogP contribution in [-0.4, -0.2) is 19.6 Å². The summed E-state index contributed by atoms with van der Waals surface area (Å²) in [6, 6.07) is 2.82. The predicted molar refractivity (Wildman–Crippen MR) is 49.7 cm³/mol. The van der Waals surface area contributed by atoms with Crippen LogP contribution >= 0.6 is 15.9 Å². The number of rotatable bonds is 0. The van der Waals surface area contributed by atoms with Gasteiger partial charge in [-0.25, -0.2) is 0 Å². The highest BCUT2D eigenvalue weighted by Crippen LogP contribution is 2.70. The fourth-order valence-corrected chi connectivity index (χ4v) is 3.62. The largest absolute Gasteiger partial charge is 0.492 e. The van der Waals surface area contributed by atoms with Gasteiger partial charge in [-0.3, -0.25) is 9.05 Å². The lowest BCUT2D eigenvalue weighted by atomic mass is 10.3. The van der Waals surface area contributed by atoms with Crippen molar-refractivity contribution >= 4 is 26.5 Å². The SMILES string of the molecule is O[P+]1(O)Oc2c1ccc1c2O[P+]1(O)O. The zero-order valence-corrected chi connectivity index (χ0v) is 8.44. The molecule has 1 aromatic rings. The van der Waals surface area contributed by atoms with Gasteiger partial charge in [0.15, 0.2) is 0 Å². The number of hydrogen-bond acceptors (Lipinski definition) is 6. The molecule has 0 aliphatic carbocycles. The lowest BCUT2D eigenvalue weighted by molar-refractivity contribution is 0.303. The van der Waals surface area contributed by atoms with E-state index >= 15 is 0 Å². The van der Waals surface area contributed by atoms with E-state index in [1.165, 1.54) is 12.1 Å². The monoisotopic (exact) mass is 236 g/mol. The Bertz CT molecular complexity index is 401. The van der Waals surface area contributed by atoms with Crippen molar-refractivity contribution in [2.24, 2.45) is 0 Å². The molecule has 0 saturated heterocycles. The zero-order chi connectivity index (χ0) is 10.1. The van der Waals surface area contributed by atoms with E-state index < -0.39 is 15.9 Å². The molecule has 2 aliphatic rings. The van der Waals surface area contributed by atoms with Gasteiger partial charge in [-0.15, -0.1) is 0 Å². The topological polar surface area (TPSA) is 99.4 Å². The lowest BCUT2D eigenvalue weighted by Gasteiger charge is -2.28. The average Bonchev–Trinajstić information content (AvgIpc) is 2.04. The van der Waals surface area contributed by atoms with Crippen molar-refractivity contribution in [3.63, 3.8) is 0 Å². The Morgan fingerprint density at radius 3 is 1.43 bits per heavy atom. The van der Waals surface area contributed by atoms with E-state index in [9.17, 15) is 19.6 Å². The summed E-state index contributed by atoms with van der Waals surface area (Å²) in [6.07, 6.45) is 0. The van der Waals surface area contributed by atoms with E-state index in [4.69, 9.17) is 9.05 Å². The summed E-state index contributed by atoms with van der Waals surface area (Å²) in [5.74, 6) is 0.416. The van der Waals surface area contributed by atoms with E-state index in [-0.39, 0.29) is 22.1 Å². The third-order valence-electron chi connectivity index (χ3n) is 2.14. The second-order valence-corrected chi connectivity index (χ2v) is 6.54. The van der Waals surface area contributed by atoms with E-state index in [1.807, 2.05) is 0 Å². The molecule has 0 fully saturated rings. The van der Waals surface area contributed by atoms with Crippen LogP contribution in [0.15, 0.2) is 12.1 Å². The van der Waals surface area contributed by atoms with Crippen LogP contribution in [0.5, 0.6) is 11.5 Å². The maximum absolute atomic E-state index is 9.21. The normalized spacial score (nSPS) is 23.1. The van der Waals surface area contributed by atoms with Gasteiger partial charge in [0.05, 0.1) is 0 Å². The summed E-state index contributed by atoms with van der Waals surface area (Å²) < 4.78 is 9.44. The molecule has 6 nitrogen and oxygen atoms in total. The fraction of sp³-hybridized carbons (Fsp3) is 0. The molecule has 2 aliphatic heterocycles. The van der Waals surface area contributed by atoms with Gasteiger partial charge in [-0.2, -0.15) is 19.6 Å². The van der Waals surface area contributed by atoms with Crippen LogP contribution in [0.1, 0.15) is 0 Å². The Balaban J connectivity index is 2.16. The summed E-state index contributed by atoms with van der Waals surface area (Å²) in [7, 11) is -6.78. The van der Waals surface area contributed by atoms with Crippen molar-refractivity contribution in [3.8, 4) is 11.5 Å². The second kappa shape index (κ2) is 2.19. The molecular weight excluding hydrogens is 230 g/mol. The highest BCUT2D eigenvalue weighted by molar-refractivity contribution is 7.71. The van der Waals surface area contributed by atoms with Gasteiger partial charge in [0.1, 0.15) is 0 Å².